The molecule has 0 aliphatic carbocycles. The summed E-state index contributed by atoms with van der Waals surface area (Å²) in [6.07, 6.45) is 1.77. The zero-order valence-corrected chi connectivity index (χ0v) is 18.4. The van der Waals surface area contributed by atoms with E-state index in [2.05, 4.69) is 10.3 Å². The predicted octanol–water partition coefficient (Wildman–Crippen LogP) is 2.96. The highest BCUT2D eigenvalue weighted by molar-refractivity contribution is 5.76. The first-order valence-electron chi connectivity index (χ1n) is 10.5. The van der Waals surface area contributed by atoms with Gasteiger partial charge in [0, 0.05) is 18.7 Å². The fourth-order valence-electron chi connectivity index (χ4n) is 4.24. The van der Waals surface area contributed by atoms with E-state index in [9.17, 15) is 4.79 Å². The molecular weight excluding hydrogens is 420 g/mol. The number of anilines is 2. The summed E-state index contributed by atoms with van der Waals surface area (Å²) in [5.74, 6) is 1.54. The van der Waals surface area contributed by atoms with Crippen LogP contribution in [0.4, 0.5) is 11.6 Å². The van der Waals surface area contributed by atoms with Gasteiger partial charge in [-0.15, -0.1) is 5.10 Å². The van der Waals surface area contributed by atoms with E-state index in [1.165, 1.54) is 0 Å². The van der Waals surface area contributed by atoms with Crippen molar-refractivity contribution in [2.75, 3.05) is 26.1 Å². The molecule has 0 fully saturated rings. The Balaban J connectivity index is 1.48. The zero-order chi connectivity index (χ0) is 22.9. The normalized spacial score (nSPS) is 13.2. The minimum atomic E-state index is -0.340. The highest BCUT2D eigenvalue weighted by Gasteiger charge is 2.23. The lowest BCUT2D eigenvalue weighted by atomic mass is 10.1. The maximum atomic E-state index is 11.3. The second kappa shape index (κ2) is 8.44. The summed E-state index contributed by atoms with van der Waals surface area (Å²) in [6.45, 7) is 1.52. The number of ether oxygens (including phenoxy) is 2. The van der Waals surface area contributed by atoms with Crippen molar-refractivity contribution in [3.63, 3.8) is 0 Å². The molecule has 168 valence electrons. The molecule has 33 heavy (non-hydrogen) atoms. The molecule has 1 aliphatic rings. The van der Waals surface area contributed by atoms with E-state index in [1.54, 1.807) is 20.4 Å². The molecule has 9 nitrogen and oxygen atoms in total. The Morgan fingerprint density at radius 1 is 1.06 bits per heavy atom. The van der Waals surface area contributed by atoms with Crippen LogP contribution in [0.25, 0.3) is 16.8 Å². The quantitative estimate of drug-likeness (QED) is 0.451. The van der Waals surface area contributed by atoms with Crippen molar-refractivity contribution in [3.05, 3.63) is 65.9 Å². The van der Waals surface area contributed by atoms with Crippen LogP contribution in [-0.2, 0) is 17.9 Å². The Hall–Kier alpha value is -4.11. The molecule has 0 saturated heterocycles. The molecule has 5 rings (SSSR count). The van der Waals surface area contributed by atoms with Crippen molar-refractivity contribution in [2.45, 2.75) is 13.1 Å². The lowest BCUT2D eigenvalue weighted by molar-refractivity contribution is -0.119. The number of fused-ring (bicyclic) bond motifs is 2. The van der Waals surface area contributed by atoms with E-state index in [0.29, 0.717) is 24.8 Å². The van der Waals surface area contributed by atoms with Crippen LogP contribution in [0.5, 0.6) is 11.5 Å². The van der Waals surface area contributed by atoms with Crippen LogP contribution in [0.2, 0.25) is 0 Å². The summed E-state index contributed by atoms with van der Waals surface area (Å²) >= 11 is 0. The van der Waals surface area contributed by atoms with Gasteiger partial charge in [0.25, 0.3) is 0 Å². The largest absolute Gasteiger partial charge is 0.496 e. The van der Waals surface area contributed by atoms with E-state index in [1.807, 2.05) is 57.9 Å². The fourth-order valence-corrected chi connectivity index (χ4v) is 4.24. The minimum Gasteiger partial charge on any atom is -0.496 e. The summed E-state index contributed by atoms with van der Waals surface area (Å²) in [5.41, 5.74) is 11.0. The third-order valence-corrected chi connectivity index (χ3v) is 5.72. The Kier molecular flexibility index (Phi) is 5.31. The maximum Gasteiger partial charge on any atom is 0.245 e. The van der Waals surface area contributed by atoms with Gasteiger partial charge in [-0.2, -0.15) is 0 Å². The Morgan fingerprint density at radius 2 is 1.82 bits per heavy atom. The topological polar surface area (TPSA) is 107 Å². The molecule has 1 amide bonds. The molecule has 4 aromatic rings. The average molecular weight is 444 g/mol. The van der Waals surface area contributed by atoms with Crippen LogP contribution in [-0.4, -0.2) is 46.2 Å². The second-order valence-corrected chi connectivity index (χ2v) is 7.90. The van der Waals surface area contributed by atoms with Gasteiger partial charge in [0.1, 0.15) is 11.5 Å². The minimum absolute atomic E-state index is 0.221. The standard InChI is InChI=1S/C24H24N6O3/c1-32-21-6-4-3-5-18(21)20-8-7-17-11-26-24(28-30(17)20)27-19-9-15-12-29(14-23(25)31)13-16(15)10-22(19)33-2/h3-11H,12-14H2,1-2H3,(H2,25,31)(H,27,28). The van der Waals surface area contributed by atoms with Gasteiger partial charge in [-0.25, -0.2) is 9.50 Å². The molecule has 9 heteroatoms. The number of carbonyl (C=O) groups is 1. The van der Waals surface area contributed by atoms with Gasteiger partial charge in [-0.3, -0.25) is 9.69 Å². The molecule has 3 N–H and O–H groups in total. The summed E-state index contributed by atoms with van der Waals surface area (Å²) < 4.78 is 13.0. The second-order valence-electron chi connectivity index (χ2n) is 7.90. The van der Waals surface area contributed by atoms with Crippen molar-refractivity contribution < 1.29 is 14.3 Å². The molecule has 0 saturated carbocycles. The number of para-hydroxylation sites is 1. The van der Waals surface area contributed by atoms with Gasteiger partial charge in [0.05, 0.1) is 43.9 Å². The third-order valence-electron chi connectivity index (χ3n) is 5.72. The molecule has 0 spiro atoms. The van der Waals surface area contributed by atoms with Crippen LogP contribution in [0, 0.1) is 0 Å². The highest BCUT2D eigenvalue weighted by atomic mass is 16.5. The van der Waals surface area contributed by atoms with E-state index in [0.717, 1.165) is 39.3 Å². The molecule has 0 atom stereocenters. The number of nitrogens with two attached hydrogens (primary N) is 1. The number of nitrogens with zero attached hydrogens (tertiary/aromatic N) is 4. The maximum absolute atomic E-state index is 11.3. The fraction of sp³-hybridized carbons (Fsp3) is 0.208. The molecule has 0 unspecified atom stereocenters. The number of rotatable bonds is 7. The van der Waals surface area contributed by atoms with Crippen molar-refractivity contribution >= 4 is 23.1 Å². The Bertz CT molecular complexity index is 1350. The van der Waals surface area contributed by atoms with Crippen molar-refractivity contribution in [3.8, 4) is 22.8 Å². The highest BCUT2D eigenvalue weighted by Crippen LogP contribution is 2.35. The number of hydrogen-bond donors (Lipinski definition) is 2. The number of hydrogen-bond acceptors (Lipinski definition) is 7. The number of benzene rings is 2. The van der Waals surface area contributed by atoms with Crippen LogP contribution >= 0.6 is 0 Å². The summed E-state index contributed by atoms with van der Waals surface area (Å²) in [4.78, 5) is 17.8. The Labute approximate surface area is 190 Å². The van der Waals surface area contributed by atoms with Crippen LogP contribution < -0.4 is 20.5 Å². The number of methoxy groups -OCH3 is 2. The van der Waals surface area contributed by atoms with E-state index in [-0.39, 0.29) is 12.5 Å². The van der Waals surface area contributed by atoms with Crippen LogP contribution in [0.1, 0.15) is 11.1 Å². The molecule has 0 bridgehead atoms. The van der Waals surface area contributed by atoms with Crippen LogP contribution in [0.15, 0.2) is 54.7 Å². The first-order valence-corrected chi connectivity index (χ1v) is 10.5. The van der Waals surface area contributed by atoms with Gasteiger partial charge in [-0.05, 0) is 47.5 Å². The first-order chi connectivity index (χ1) is 16.1. The summed E-state index contributed by atoms with van der Waals surface area (Å²) in [5, 5.41) is 8.01. The van der Waals surface area contributed by atoms with E-state index in [4.69, 9.17) is 20.3 Å². The molecule has 1 aliphatic heterocycles. The molecule has 2 aromatic heterocycles. The SMILES string of the molecule is COc1cc2c(cc1Nc1ncc3ccc(-c4ccccc4OC)n3n1)CN(CC(N)=O)C2. The van der Waals surface area contributed by atoms with Gasteiger partial charge < -0.3 is 20.5 Å². The van der Waals surface area contributed by atoms with Crippen molar-refractivity contribution in [2.24, 2.45) is 5.73 Å². The number of aromatic nitrogens is 3. The third kappa shape index (κ3) is 3.94. The predicted molar refractivity (Wildman–Crippen MR) is 125 cm³/mol. The van der Waals surface area contributed by atoms with Crippen molar-refractivity contribution in [1.29, 1.82) is 0 Å². The molecule has 3 heterocycles. The summed E-state index contributed by atoms with van der Waals surface area (Å²) in [7, 11) is 3.28. The summed E-state index contributed by atoms with van der Waals surface area (Å²) in [6, 6.07) is 15.8. The lowest BCUT2D eigenvalue weighted by Crippen LogP contribution is -2.29. The van der Waals surface area contributed by atoms with Gasteiger partial charge in [0.2, 0.25) is 11.9 Å². The first kappa shape index (κ1) is 20.8. The van der Waals surface area contributed by atoms with Gasteiger partial charge in [-0.1, -0.05) is 12.1 Å². The average Bonchev–Trinajstić information content (AvgIpc) is 3.40. The molecular formula is C24H24N6O3. The number of nitrogens with one attached hydrogen (secondary N) is 1. The van der Waals surface area contributed by atoms with Gasteiger partial charge >= 0.3 is 0 Å². The van der Waals surface area contributed by atoms with E-state index < -0.39 is 0 Å². The van der Waals surface area contributed by atoms with Crippen molar-refractivity contribution in [1.82, 2.24) is 19.5 Å². The van der Waals surface area contributed by atoms with E-state index >= 15 is 0 Å². The number of primary amides is 1. The number of carbonyl (C=O) groups excluding carboxylic acids is 1. The molecule has 2 aromatic carbocycles. The molecule has 0 radical (unpaired) electrons. The van der Waals surface area contributed by atoms with Crippen LogP contribution in [0.3, 0.4) is 0 Å². The lowest BCUT2D eigenvalue weighted by Gasteiger charge is -2.13. The van der Waals surface area contributed by atoms with Gasteiger partial charge in [0.15, 0.2) is 0 Å². The monoisotopic (exact) mass is 444 g/mol. The smallest absolute Gasteiger partial charge is 0.245 e. The zero-order valence-electron chi connectivity index (χ0n) is 18.4. The Morgan fingerprint density at radius 3 is 2.58 bits per heavy atom. The number of amides is 1.